The third kappa shape index (κ3) is 5.92. The number of ether oxygens (including phenoxy) is 4. The van der Waals surface area contributed by atoms with Crippen molar-refractivity contribution in [3.63, 3.8) is 0 Å². The Kier molecular flexibility index (Phi) is 8.41. The second kappa shape index (κ2) is 11.5. The van der Waals surface area contributed by atoms with Gasteiger partial charge in [-0.2, -0.15) is 0 Å². The highest BCUT2D eigenvalue weighted by Gasteiger charge is 2.46. The zero-order chi connectivity index (χ0) is 26.7. The van der Waals surface area contributed by atoms with Crippen molar-refractivity contribution in [2.45, 2.75) is 68.3 Å². The Morgan fingerprint density at radius 2 is 2.00 bits per heavy atom. The van der Waals surface area contributed by atoms with Gasteiger partial charge in [0.25, 0.3) is 11.5 Å². The molecule has 15 nitrogen and oxygen atoms in total. The smallest absolute Gasteiger partial charge is 0.330 e. The summed E-state index contributed by atoms with van der Waals surface area (Å²) in [5.74, 6) is -1.43. The van der Waals surface area contributed by atoms with Crippen LogP contribution in [0.15, 0.2) is 33.7 Å². The van der Waals surface area contributed by atoms with Crippen LogP contribution in [-0.2, 0) is 28.5 Å². The van der Waals surface area contributed by atoms with Crippen molar-refractivity contribution in [3.05, 3.63) is 44.9 Å². The van der Waals surface area contributed by atoms with Crippen LogP contribution in [0.4, 0.5) is 0 Å². The second-order valence-corrected chi connectivity index (χ2v) is 8.92. The highest BCUT2D eigenvalue weighted by Crippen LogP contribution is 2.31. The molecule has 1 aromatic rings. The molecule has 3 aliphatic rings. The van der Waals surface area contributed by atoms with Crippen LogP contribution < -0.4 is 21.9 Å². The molecule has 2 saturated heterocycles. The fourth-order valence-corrected chi connectivity index (χ4v) is 4.41. The molecule has 0 spiro atoms. The maximum absolute atomic E-state index is 12.7. The summed E-state index contributed by atoms with van der Waals surface area (Å²) >= 11 is 0. The monoisotopic (exact) mass is 526 g/mol. The number of rotatable bonds is 7. The molecule has 0 aliphatic carbocycles. The topological polar surface area (TPSA) is 211 Å². The third-order valence-electron chi connectivity index (χ3n) is 6.39. The van der Waals surface area contributed by atoms with Crippen molar-refractivity contribution in [2.24, 2.45) is 0 Å². The zero-order valence-corrected chi connectivity index (χ0v) is 19.9. The van der Waals surface area contributed by atoms with Crippen molar-refractivity contribution >= 4 is 11.8 Å². The lowest BCUT2D eigenvalue weighted by atomic mass is 10.1. The van der Waals surface area contributed by atoms with Gasteiger partial charge < -0.3 is 44.9 Å². The summed E-state index contributed by atoms with van der Waals surface area (Å²) in [7, 11) is 1.31. The van der Waals surface area contributed by atoms with Crippen LogP contribution in [0, 0.1) is 0 Å². The van der Waals surface area contributed by atoms with E-state index < -0.39 is 66.2 Å². The molecular formula is C22H30N4O11. The molecule has 204 valence electrons. The van der Waals surface area contributed by atoms with E-state index in [1.165, 1.54) is 13.3 Å². The standard InChI is InChI=1S/C22H30N4O11/c1-34-17-13(36-20(16(17)30)26-7-5-14(28)25-22(26)33)9-35-21-15(29)11(27)8-12(37-21)19(32)24-10-4-2-3-6-23-18(10)31/h5,7-8,10-11,13,15-17,20-21,27,29-30H,2-4,6,9H2,1H3,(H,23,31)(H,24,32)(H,25,28,33)/t10-,11-,13+,15+,16+,17+,20+,21+/m0/s1. The molecule has 0 saturated carbocycles. The van der Waals surface area contributed by atoms with E-state index in [0.717, 1.165) is 29.6 Å². The minimum atomic E-state index is -1.57. The number of hydrogen-bond acceptors (Lipinski definition) is 11. The van der Waals surface area contributed by atoms with E-state index in [9.17, 15) is 34.5 Å². The summed E-state index contributed by atoms with van der Waals surface area (Å²) in [5.41, 5.74) is -1.42. The van der Waals surface area contributed by atoms with Gasteiger partial charge >= 0.3 is 5.69 Å². The van der Waals surface area contributed by atoms with Crippen LogP contribution in [0.2, 0.25) is 0 Å². The van der Waals surface area contributed by atoms with E-state index in [0.29, 0.717) is 13.0 Å². The Morgan fingerprint density at radius 3 is 2.73 bits per heavy atom. The van der Waals surface area contributed by atoms with Gasteiger partial charge in [0.2, 0.25) is 12.2 Å². The number of aliphatic hydroxyl groups is 3. The van der Waals surface area contributed by atoms with E-state index in [1.807, 2.05) is 0 Å². The van der Waals surface area contributed by atoms with E-state index >= 15 is 0 Å². The molecule has 6 N–H and O–H groups in total. The van der Waals surface area contributed by atoms with Gasteiger partial charge in [-0.25, -0.2) is 4.79 Å². The van der Waals surface area contributed by atoms with Gasteiger partial charge in [0.15, 0.2) is 12.0 Å². The van der Waals surface area contributed by atoms with Gasteiger partial charge in [0.05, 0.1) is 6.61 Å². The zero-order valence-electron chi connectivity index (χ0n) is 19.9. The summed E-state index contributed by atoms with van der Waals surface area (Å²) in [6.45, 7) is 0.182. The molecule has 2 amide bonds. The van der Waals surface area contributed by atoms with Gasteiger partial charge in [-0.3, -0.25) is 23.9 Å². The first kappa shape index (κ1) is 27.0. The molecule has 8 atom stereocenters. The molecule has 0 bridgehead atoms. The predicted molar refractivity (Wildman–Crippen MR) is 122 cm³/mol. The summed E-state index contributed by atoms with van der Waals surface area (Å²) < 4.78 is 23.1. The van der Waals surface area contributed by atoms with Crippen molar-refractivity contribution < 1.29 is 43.9 Å². The number of H-pyrrole nitrogens is 1. The van der Waals surface area contributed by atoms with Gasteiger partial charge in [-0.05, 0) is 25.3 Å². The van der Waals surface area contributed by atoms with Crippen LogP contribution in [0.1, 0.15) is 25.5 Å². The maximum atomic E-state index is 12.7. The van der Waals surface area contributed by atoms with Crippen molar-refractivity contribution in [2.75, 3.05) is 20.3 Å². The van der Waals surface area contributed by atoms with Crippen LogP contribution in [0.5, 0.6) is 0 Å². The lowest BCUT2D eigenvalue weighted by Gasteiger charge is -2.32. The molecule has 37 heavy (non-hydrogen) atoms. The lowest BCUT2D eigenvalue weighted by Crippen LogP contribution is -2.50. The van der Waals surface area contributed by atoms with Gasteiger partial charge in [-0.1, -0.05) is 0 Å². The second-order valence-electron chi connectivity index (χ2n) is 8.92. The normalized spacial score (nSPS) is 34.2. The van der Waals surface area contributed by atoms with E-state index in [1.54, 1.807) is 0 Å². The van der Waals surface area contributed by atoms with E-state index in [2.05, 4.69) is 15.6 Å². The number of carbonyl (C=O) groups is 2. The first-order chi connectivity index (χ1) is 17.7. The molecule has 15 heteroatoms. The SMILES string of the molecule is CO[C@H]1[C@@H](O)[C@H](n2ccc(=O)[nH]c2=O)O[C@@H]1CO[C@@H]1OC(C(=O)N[C@H]2CCCCNC2=O)=C[C@H](O)[C@H]1O. The van der Waals surface area contributed by atoms with E-state index in [4.69, 9.17) is 18.9 Å². The molecule has 3 aliphatic heterocycles. The fourth-order valence-electron chi connectivity index (χ4n) is 4.41. The Morgan fingerprint density at radius 1 is 1.22 bits per heavy atom. The number of aromatic amines is 1. The molecule has 0 unspecified atom stereocenters. The van der Waals surface area contributed by atoms with Crippen LogP contribution in [0.25, 0.3) is 0 Å². The summed E-state index contributed by atoms with van der Waals surface area (Å²) in [5, 5.41) is 36.5. The number of amides is 2. The van der Waals surface area contributed by atoms with Crippen LogP contribution in [-0.4, -0.2) is 99.8 Å². The predicted octanol–water partition coefficient (Wildman–Crippen LogP) is -3.43. The Balaban J connectivity index is 1.40. The highest BCUT2D eigenvalue weighted by atomic mass is 16.7. The molecule has 4 heterocycles. The van der Waals surface area contributed by atoms with Crippen molar-refractivity contribution in [1.29, 1.82) is 0 Å². The number of carbonyl (C=O) groups excluding carboxylic acids is 2. The molecular weight excluding hydrogens is 496 g/mol. The van der Waals surface area contributed by atoms with E-state index in [-0.39, 0.29) is 18.3 Å². The van der Waals surface area contributed by atoms with Crippen molar-refractivity contribution in [3.8, 4) is 0 Å². The number of aliphatic hydroxyl groups excluding tert-OH is 3. The number of nitrogens with one attached hydrogen (secondary N) is 3. The van der Waals surface area contributed by atoms with Crippen LogP contribution in [0.3, 0.4) is 0 Å². The summed E-state index contributed by atoms with van der Waals surface area (Å²) in [6, 6.07) is 0.320. The number of aromatic nitrogens is 2. The molecule has 0 aromatic carbocycles. The van der Waals surface area contributed by atoms with Gasteiger partial charge in [0, 0.05) is 25.9 Å². The fraction of sp³-hybridized carbons (Fsp3) is 0.636. The Bertz CT molecular complexity index is 1130. The maximum Gasteiger partial charge on any atom is 0.330 e. The Labute approximate surface area is 210 Å². The summed E-state index contributed by atoms with van der Waals surface area (Å²) in [4.78, 5) is 50.4. The average molecular weight is 526 g/mol. The quantitative estimate of drug-likeness (QED) is 0.206. The third-order valence-corrected chi connectivity index (χ3v) is 6.39. The average Bonchev–Trinajstić information content (AvgIpc) is 3.03. The molecule has 2 fully saturated rings. The lowest BCUT2D eigenvalue weighted by molar-refractivity contribution is -0.219. The molecule has 1 aromatic heterocycles. The van der Waals surface area contributed by atoms with Crippen molar-refractivity contribution in [1.82, 2.24) is 20.2 Å². The molecule has 0 radical (unpaired) electrons. The van der Waals surface area contributed by atoms with Gasteiger partial charge in [0.1, 0.15) is 36.6 Å². The minimum Gasteiger partial charge on any atom is -0.456 e. The largest absolute Gasteiger partial charge is 0.456 e. The van der Waals surface area contributed by atoms with Gasteiger partial charge in [-0.15, -0.1) is 0 Å². The number of hydrogen-bond donors (Lipinski definition) is 6. The molecule has 4 rings (SSSR count). The van der Waals surface area contributed by atoms with Crippen LogP contribution >= 0.6 is 0 Å². The first-order valence-electron chi connectivity index (χ1n) is 11.8. The first-order valence-corrected chi connectivity index (χ1v) is 11.8. The highest BCUT2D eigenvalue weighted by molar-refractivity contribution is 5.95. The summed E-state index contributed by atoms with van der Waals surface area (Å²) in [6.07, 6.45) is -4.91. The Hall–Kier alpha value is -3.08. The minimum absolute atomic E-state index is 0.325. The number of nitrogens with zero attached hydrogens (tertiary/aromatic N) is 1. The number of methoxy groups -OCH3 is 1.